The van der Waals surface area contributed by atoms with Crippen LogP contribution in [-0.4, -0.2) is 25.2 Å². The lowest BCUT2D eigenvalue weighted by molar-refractivity contribution is -0.132. The van der Waals surface area contributed by atoms with Crippen molar-refractivity contribution in [1.29, 1.82) is 0 Å². The van der Waals surface area contributed by atoms with Crippen molar-refractivity contribution in [3.05, 3.63) is 34.9 Å². The second-order valence-electron chi connectivity index (χ2n) is 4.16. The maximum Gasteiger partial charge on any atom is 0.390 e. The van der Waals surface area contributed by atoms with Gasteiger partial charge < -0.3 is 11.1 Å². The first-order chi connectivity index (χ1) is 9.33. The van der Waals surface area contributed by atoms with Gasteiger partial charge in [-0.25, -0.2) is 0 Å². The second kappa shape index (κ2) is 6.96. The SMILES string of the molecule is Cc1cc(C(=O)NCCC(F)(F)F)ccc1C#CCN. The Balaban J connectivity index is 2.68. The lowest BCUT2D eigenvalue weighted by atomic mass is 10.0. The van der Waals surface area contributed by atoms with Crippen LogP contribution in [0.1, 0.15) is 27.9 Å². The van der Waals surface area contributed by atoms with Crippen molar-refractivity contribution in [1.82, 2.24) is 5.32 Å². The average Bonchev–Trinajstić information content (AvgIpc) is 2.35. The monoisotopic (exact) mass is 284 g/mol. The van der Waals surface area contributed by atoms with Crippen LogP contribution < -0.4 is 11.1 Å². The lowest BCUT2D eigenvalue weighted by Crippen LogP contribution is -2.27. The van der Waals surface area contributed by atoms with Gasteiger partial charge in [-0.15, -0.1) is 0 Å². The zero-order chi connectivity index (χ0) is 15.2. The molecule has 0 radical (unpaired) electrons. The number of halogens is 3. The number of benzene rings is 1. The fourth-order valence-corrected chi connectivity index (χ4v) is 1.51. The van der Waals surface area contributed by atoms with E-state index >= 15 is 0 Å². The molecule has 0 unspecified atom stereocenters. The number of nitrogens with two attached hydrogens (primary N) is 1. The highest BCUT2D eigenvalue weighted by Crippen LogP contribution is 2.18. The van der Waals surface area contributed by atoms with Crippen LogP contribution >= 0.6 is 0 Å². The van der Waals surface area contributed by atoms with Gasteiger partial charge in [-0.1, -0.05) is 11.8 Å². The Morgan fingerprint density at radius 1 is 1.40 bits per heavy atom. The molecule has 0 bridgehead atoms. The minimum Gasteiger partial charge on any atom is -0.352 e. The van der Waals surface area contributed by atoms with E-state index in [0.29, 0.717) is 5.56 Å². The van der Waals surface area contributed by atoms with Gasteiger partial charge in [0.2, 0.25) is 0 Å². The molecule has 0 aliphatic rings. The molecule has 0 heterocycles. The molecule has 0 fully saturated rings. The van der Waals surface area contributed by atoms with Gasteiger partial charge in [-0.05, 0) is 30.7 Å². The summed E-state index contributed by atoms with van der Waals surface area (Å²) in [5.41, 5.74) is 7.08. The first-order valence-corrected chi connectivity index (χ1v) is 5.98. The minimum absolute atomic E-state index is 0.235. The summed E-state index contributed by atoms with van der Waals surface area (Å²) in [6, 6.07) is 4.76. The largest absolute Gasteiger partial charge is 0.390 e. The number of hydrogen-bond donors (Lipinski definition) is 2. The van der Waals surface area contributed by atoms with Crippen molar-refractivity contribution in [3.8, 4) is 11.8 Å². The average molecular weight is 284 g/mol. The van der Waals surface area contributed by atoms with Crippen molar-refractivity contribution in [2.45, 2.75) is 19.5 Å². The van der Waals surface area contributed by atoms with Gasteiger partial charge >= 0.3 is 6.18 Å². The summed E-state index contributed by atoms with van der Waals surface area (Å²) in [6.07, 6.45) is -5.32. The predicted molar refractivity (Wildman–Crippen MR) is 70.1 cm³/mol. The van der Waals surface area contributed by atoms with E-state index in [1.54, 1.807) is 19.1 Å². The number of alkyl halides is 3. The molecule has 0 atom stereocenters. The highest BCUT2D eigenvalue weighted by atomic mass is 19.4. The molecule has 0 saturated carbocycles. The van der Waals surface area contributed by atoms with Crippen LogP contribution in [-0.2, 0) is 0 Å². The third kappa shape index (κ3) is 5.33. The van der Waals surface area contributed by atoms with Gasteiger partial charge in [0.05, 0.1) is 13.0 Å². The van der Waals surface area contributed by atoms with Crippen LogP contribution in [0, 0.1) is 18.8 Å². The van der Waals surface area contributed by atoms with Gasteiger partial charge in [0.15, 0.2) is 0 Å². The number of nitrogens with one attached hydrogen (secondary N) is 1. The zero-order valence-electron chi connectivity index (χ0n) is 11.0. The topological polar surface area (TPSA) is 55.1 Å². The third-order valence-corrected chi connectivity index (χ3v) is 2.51. The molecule has 1 amide bonds. The Kier molecular flexibility index (Phi) is 5.59. The molecule has 0 aliphatic carbocycles. The van der Waals surface area contributed by atoms with Crippen molar-refractivity contribution >= 4 is 5.91 Å². The van der Waals surface area contributed by atoms with E-state index in [1.807, 2.05) is 0 Å². The van der Waals surface area contributed by atoms with Gasteiger partial charge in [-0.2, -0.15) is 13.2 Å². The summed E-state index contributed by atoms with van der Waals surface area (Å²) in [6.45, 7) is 1.57. The van der Waals surface area contributed by atoms with Crippen LogP contribution in [0.2, 0.25) is 0 Å². The number of hydrogen-bond acceptors (Lipinski definition) is 2. The molecule has 0 aliphatic heterocycles. The van der Waals surface area contributed by atoms with Crippen molar-refractivity contribution in [2.75, 3.05) is 13.1 Å². The molecule has 0 aromatic heterocycles. The number of amides is 1. The van der Waals surface area contributed by atoms with Crippen LogP contribution in [0.25, 0.3) is 0 Å². The summed E-state index contributed by atoms with van der Waals surface area (Å²) in [5, 5.41) is 2.23. The van der Waals surface area contributed by atoms with Crippen molar-refractivity contribution in [3.63, 3.8) is 0 Å². The zero-order valence-corrected chi connectivity index (χ0v) is 11.0. The molecule has 0 saturated heterocycles. The molecule has 20 heavy (non-hydrogen) atoms. The predicted octanol–water partition coefficient (Wildman–Crippen LogP) is 1.99. The Hall–Kier alpha value is -2.00. The molecule has 3 N–H and O–H groups in total. The van der Waals surface area contributed by atoms with E-state index in [-0.39, 0.29) is 6.54 Å². The lowest BCUT2D eigenvalue weighted by Gasteiger charge is -2.08. The van der Waals surface area contributed by atoms with Crippen LogP contribution in [0.5, 0.6) is 0 Å². The quantitative estimate of drug-likeness (QED) is 0.834. The highest BCUT2D eigenvalue weighted by Gasteiger charge is 2.26. The summed E-state index contributed by atoms with van der Waals surface area (Å²) in [7, 11) is 0. The van der Waals surface area contributed by atoms with E-state index < -0.39 is 25.0 Å². The Bertz CT molecular complexity index is 542. The molecule has 1 aromatic carbocycles. The van der Waals surface area contributed by atoms with Crippen LogP contribution in [0.15, 0.2) is 18.2 Å². The number of rotatable bonds is 3. The van der Waals surface area contributed by atoms with E-state index in [1.165, 1.54) is 6.07 Å². The van der Waals surface area contributed by atoms with E-state index in [9.17, 15) is 18.0 Å². The molecule has 6 heteroatoms. The Morgan fingerprint density at radius 3 is 2.65 bits per heavy atom. The first kappa shape index (κ1) is 16.1. The first-order valence-electron chi connectivity index (χ1n) is 5.98. The molecule has 108 valence electrons. The van der Waals surface area contributed by atoms with Gasteiger partial charge in [0.1, 0.15) is 0 Å². The summed E-state index contributed by atoms with van der Waals surface area (Å²) < 4.78 is 35.9. The third-order valence-electron chi connectivity index (χ3n) is 2.51. The van der Waals surface area contributed by atoms with Gasteiger partial charge in [0, 0.05) is 17.7 Å². The molecule has 0 spiro atoms. The van der Waals surface area contributed by atoms with Crippen LogP contribution in [0.3, 0.4) is 0 Å². The Labute approximate surface area is 115 Å². The van der Waals surface area contributed by atoms with E-state index in [0.717, 1.165) is 11.1 Å². The molecular weight excluding hydrogens is 269 g/mol. The number of aryl methyl sites for hydroxylation is 1. The van der Waals surface area contributed by atoms with Crippen LogP contribution in [0.4, 0.5) is 13.2 Å². The van der Waals surface area contributed by atoms with Gasteiger partial charge in [-0.3, -0.25) is 4.79 Å². The smallest absolute Gasteiger partial charge is 0.352 e. The van der Waals surface area contributed by atoms with E-state index in [2.05, 4.69) is 17.2 Å². The van der Waals surface area contributed by atoms with E-state index in [4.69, 9.17) is 5.73 Å². The van der Waals surface area contributed by atoms with Gasteiger partial charge in [0.25, 0.3) is 5.91 Å². The normalized spacial score (nSPS) is 10.7. The maximum atomic E-state index is 12.0. The summed E-state index contributed by atoms with van der Waals surface area (Å²) in [4.78, 5) is 11.7. The highest BCUT2D eigenvalue weighted by molar-refractivity contribution is 5.94. The second-order valence-corrected chi connectivity index (χ2v) is 4.16. The molecule has 3 nitrogen and oxygen atoms in total. The summed E-state index contributed by atoms with van der Waals surface area (Å²) in [5.74, 6) is 5.01. The standard InChI is InChI=1S/C14H15F3N2O/c1-10-9-12(5-4-11(10)3-2-7-18)13(20)19-8-6-14(15,16)17/h4-5,9H,6-8,18H2,1H3,(H,19,20). The number of carbonyl (C=O) groups excluding carboxylic acids is 1. The maximum absolute atomic E-state index is 12.0. The minimum atomic E-state index is -4.27. The summed E-state index contributed by atoms with van der Waals surface area (Å²) >= 11 is 0. The molecule has 1 aromatic rings. The van der Waals surface area contributed by atoms with Crippen molar-refractivity contribution in [2.24, 2.45) is 5.73 Å². The fourth-order valence-electron chi connectivity index (χ4n) is 1.51. The Morgan fingerprint density at radius 2 is 2.10 bits per heavy atom. The van der Waals surface area contributed by atoms with Crippen molar-refractivity contribution < 1.29 is 18.0 Å². The fraction of sp³-hybridized carbons (Fsp3) is 0.357. The number of carbonyl (C=O) groups is 1. The molecular formula is C14H15F3N2O. The molecule has 1 rings (SSSR count).